The molecule has 1 aliphatic carbocycles. The summed E-state index contributed by atoms with van der Waals surface area (Å²) in [7, 11) is 1.30. The Labute approximate surface area is 64.0 Å². The van der Waals surface area contributed by atoms with Crippen molar-refractivity contribution in [3.63, 3.8) is 0 Å². The Hall–Kier alpha value is -1.22. The number of hydrogen-bond donors (Lipinski definition) is 0. The maximum Gasteiger partial charge on any atom is 0.317 e. The van der Waals surface area contributed by atoms with Crippen LogP contribution in [0.5, 0.6) is 0 Å². The van der Waals surface area contributed by atoms with Crippen LogP contribution in [0.25, 0.3) is 10.4 Å². The third-order valence-electron chi connectivity index (χ3n) is 1.98. The van der Waals surface area contributed by atoms with Crippen LogP contribution in [0.1, 0.15) is 19.3 Å². The number of ether oxygens (including phenoxy) is 1. The molecule has 5 nitrogen and oxygen atoms in total. The van der Waals surface area contributed by atoms with E-state index >= 15 is 0 Å². The Morgan fingerprint density at radius 3 is 2.64 bits per heavy atom. The van der Waals surface area contributed by atoms with Gasteiger partial charge in [-0.25, -0.2) is 0 Å². The number of azide groups is 1. The first-order chi connectivity index (χ1) is 5.25. The standard InChI is InChI=1S/C6H9N3O2/c1-11-5(10)6(8-9-7)3-2-4-6/h2-4H2,1H3. The summed E-state index contributed by atoms with van der Waals surface area (Å²) >= 11 is 0. The molecule has 0 aromatic rings. The highest BCUT2D eigenvalue weighted by molar-refractivity contribution is 5.82. The Morgan fingerprint density at radius 1 is 1.73 bits per heavy atom. The Kier molecular flexibility index (Phi) is 2.01. The SMILES string of the molecule is COC(=O)C1(N=[N+]=[N-])CCC1. The molecule has 0 saturated heterocycles. The fraction of sp³-hybridized carbons (Fsp3) is 0.833. The van der Waals surface area contributed by atoms with E-state index in [4.69, 9.17) is 5.53 Å². The Morgan fingerprint density at radius 2 is 2.36 bits per heavy atom. The minimum absolute atomic E-state index is 0.415. The number of rotatable bonds is 2. The number of carbonyl (C=O) groups excluding carboxylic acids is 1. The van der Waals surface area contributed by atoms with Gasteiger partial charge in [0.2, 0.25) is 0 Å². The second-order valence-corrected chi connectivity index (χ2v) is 2.57. The molecule has 0 heterocycles. The number of carbonyl (C=O) groups is 1. The van der Waals surface area contributed by atoms with Crippen molar-refractivity contribution in [2.45, 2.75) is 24.8 Å². The molecule has 1 rings (SSSR count). The molecule has 1 aliphatic rings. The zero-order valence-corrected chi connectivity index (χ0v) is 6.28. The van der Waals surface area contributed by atoms with Crippen molar-refractivity contribution in [1.82, 2.24) is 0 Å². The van der Waals surface area contributed by atoms with Crippen LogP contribution in [0.4, 0.5) is 0 Å². The zero-order chi connectivity index (χ0) is 8.32. The van der Waals surface area contributed by atoms with Crippen LogP contribution in [0, 0.1) is 0 Å². The molecule has 1 fully saturated rings. The van der Waals surface area contributed by atoms with E-state index in [9.17, 15) is 4.79 Å². The first-order valence-electron chi connectivity index (χ1n) is 3.40. The van der Waals surface area contributed by atoms with Crippen molar-refractivity contribution < 1.29 is 9.53 Å². The summed E-state index contributed by atoms with van der Waals surface area (Å²) in [5, 5.41) is 3.44. The van der Waals surface area contributed by atoms with Gasteiger partial charge in [-0.3, -0.25) is 4.79 Å². The van der Waals surface area contributed by atoms with Gasteiger partial charge in [0, 0.05) is 4.91 Å². The molecule has 11 heavy (non-hydrogen) atoms. The summed E-state index contributed by atoms with van der Waals surface area (Å²) in [6, 6.07) is 0. The van der Waals surface area contributed by atoms with Gasteiger partial charge in [-0.2, -0.15) is 0 Å². The van der Waals surface area contributed by atoms with E-state index in [1.54, 1.807) is 0 Å². The average Bonchev–Trinajstić information content (AvgIpc) is 1.95. The molecule has 0 amide bonds. The molecule has 5 heteroatoms. The van der Waals surface area contributed by atoms with E-state index in [0.717, 1.165) is 6.42 Å². The van der Waals surface area contributed by atoms with Gasteiger partial charge < -0.3 is 4.74 Å². The van der Waals surface area contributed by atoms with Crippen LogP contribution in [0.15, 0.2) is 5.11 Å². The molecule has 0 unspecified atom stereocenters. The number of nitrogens with zero attached hydrogens (tertiary/aromatic N) is 3. The van der Waals surface area contributed by atoms with Crippen LogP contribution in [0.2, 0.25) is 0 Å². The van der Waals surface area contributed by atoms with E-state index < -0.39 is 11.5 Å². The molecule has 0 radical (unpaired) electrons. The van der Waals surface area contributed by atoms with E-state index in [1.165, 1.54) is 7.11 Å². The lowest BCUT2D eigenvalue weighted by atomic mass is 9.78. The fourth-order valence-electron chi connectivity index (χ4n) is 1.13. The van der Waals surface area contributed by atoms with Crippen molar-refractivity contribution in [2.24, 2.45) is 5.11 Å². The van der Waals surface area contributed by atoms with Crippen molar-refractivity contribution >= 4 is 5.97 Å². The van der Waals surface area contributed by atoms with Gasteiger partial charge in [0.05, 0.1) is 7.11 Å². The summed E-state index contributed by atoms with van der Waals surface area (Å²) in [6.45, 7) is 0. The smallest absolute Gasteiger partial charge is 0.317 e. The van der Waals surface area contributed by atoms with Crippen LogP contribution >= 0.6 is 0 Å². The van der Waals surface area contributed by atoms with E-state index in [1.807, 2.05) is 0 Å². The molecule has 0 aromatic carbocycles. The van der Waals surface area contributed by atoms with Crippen LogP contribution < -0.4 is 0 Å². The van der Waals surface area contributed by atoms with Gasteiger partial charge in [-0.15, -0.1) is 0 Å². The van der Waals surface area contributed by atoms with Crippen LogP contribution in [-0.2, 0) is 9.53 Å². The van der Waals surface area contributed by atoms with Gasteiger partial charge in [0.25, 0.3) is 0 Å². The lowest BCUT2D eigenvalue weighted by molar-refractivity contribution is -0.150. The van der Waals surface area contributed by atoms with Crippen LogP contribution in [0.3, 0.4) is 0 Å². The zero-order valence-electron chi connectivity index (χ0n) is 6.28. The lowest BCUT2D eigenvalue weighted by Gasteiger charge is -2.33. The second-order valence-electron chi connectivity index (χ2n) is 2.57. The summed E-state index contributed by atoms with van der Waals surface area (Å²) < 4.78 is 4.51. The molecule has 0 N–H and O–H groups in total. The van der Waals surface area contributed by atoms with Gasteiger partial charge in [0.15, 0.2) is 0 Å². The predicted octanol–water partition coefficient (Wildman–Crippen LogP) is 1.39. The number of hydrogen-bond acceptors (Lipinski definition) is 3. The van der Waals surface area contributed by atoms with Gasteiger partial charge in [-0.1, -0.05) is 11.5 Å². The van der Waals surface area contributed by atoms with Crippen molar-refractivity contribution in [2.75, 3.05) is 7.11 Å². The molecular formula is C6H9N3O2. The molecule has 0 aliphatic heterocycles. The first-order valence-corrected chi connectivity index (χ1v) is 3.40. The van der Waals surface area contributed by atoms with E-state index in [2.05, 4.69) is 14.8 Å². The van der Waals surface area contributed by atoms with E-state index in [0.29, 0.717) is 12.8 Å². The normalized spacial score (nSPS) is 19.4. The Balaban J connectivity index is 2.75. The monoisotopic (exact) mass is 155 g/mol. The minimum Gasteiger partial charge on any atom is -0.468 e. The summed E-state index contributed by atoms with van der Waals surface area (Å²) in [6.07, 6.45) is 2.15. The van der Waals surface area contributed by atoms with Gasteiger partial charge in [0.1, 0.15) is 5.54 Å². The number of methoxy groups -OCH3 is 1. The first kappa shape index (κ1) is 7.88. The topological polar surface area (TPSA) is 75.1 Å². The van der Waals surface area contributed by atoms with Crippen molar-refractivity contribution in [3.05, 3.63) is 10.4 Å². The second kappa shape index (κ2) is 2.80. The molecule has 0 atom stereocenters. The highest BCUT2D eigenvalue weighted by atomic mass is 16.5. The summed E-state index contributed by atoms with van der Waals surface area (Å²) in [5.74, 6) is -0.415. The maximum absolute atomic E-state index is 11.0. The molecular weight excluding hydrogens is 146 g/mol. The average molecular weight is 155 g/mol. The molecule has 1 saturated carbocycles. The van der Waals surface area contributed by atoms with Crippen LogP contribution in [-0.4, -0.2) is 18.6 Å². The number of esters is 1. The third kappa shape index (κ3) is 1.14. The summed E-state index contributed by atoms with van der Waals surface area (Å²) in [5.41, 5.74) is 7.29. The molecule has 0 spiro atoms. The van der Waals surface area contributed by atoms with Crippen molar-refractivity contribution in [3.8, 4) is 0 Å². The van der Waals surface area contributed by atoms with E-state index in [-0.39, 0.29) is 0 Å². The highest BCUT2D eigenvalue weighted by Gasteiger charge is 2.44. The minimum atomic E-state index is -0.872. The maximum atomic E-state index is 11.0. The Bertz CT molecular complexity index is 216. The molecule has 0 bridgehead atoms. The van der Waals surface area contributed by atoms with Gasteiger partial charge >= 0.3 is 5.97 Å². The lowest BCUT2D eigenvalue weighted by Crippen LogP contribution is -2.43. The third-order valence-corrected chi connectivity index (χ3v) is 1.98. The summed E-state index contributed by atoms with van der Waals surface area (Å²) in [4.78, 5) is 13.6. The largest absolute Gasteiger partial charge is 0.468 e. The fourth-order valence-corrected chi connectivity index (χ4v) is 1.13. The molecule has 0 aromatic heterocycles. The van der Waals surface area contributed by atoms with Gasteiger partial charge in [-0.05, 0) is 18.4 Å². The predicted molar refractivity (Wildman–Crippen MR) is 37.7 cm³/mol. The van der Waals surface area contributed by atoms with Crippen molar-refractivity contribution in [1.29, 1.82) is 0 Å². The highest BCUT2D eigenvalue weighted by Crippen LogP contribution is 2.36. The quantitative estimate of drug-likeness (QED) is 0.261. The molecule has 60 valence electrons.